The molecule has 0 radical (unpaired) electrons. The second-order valence-corrected chi connectivity index (χ2v) is 8.97. The molecule has 0 saturated carbocycles. The van der Waals surface area contributed by atoms with Gasteiger partial charge in [-0.15, -0.1) is 0 Å². The maximum absolute atomic E-state index is 13.2. The molecule has 2 aromatic heterocycles. The summed E-state index contributed by atoms with van der Waals surface area (Å²) in [5.74, 6) is 0.482. The molecule has 0 aliphatic carbocycles. The number of nitrogens with zero attached hydrogens (tertiary/aromatic N) is 3. The molecule has 0 bridgehead atoms. The number of aliphatic hydroxyl groups is 1. The first-order valence-electron chi connectivity index (χ1n) is 11.4. The third-order valence-electron chi connectivity index (χ3n) is 6.14. The number of nitrogens with one attached hydrogen (secondary N) is 2. The Balaban J connectivity index is 1.38. The van der Waals surface area contributed by atoms with E-state index < -0.39 is 11.4 Å². The van der Waals surface area contributed by atoms with E-state index in [-0.39, 0.29) is 40.9 Å². The highest BCUT2D eigenvalue weighted by Gasteiger charge is 2.35. The van der Waals surface area contributed by atoms with Crippen LogP contribution in [0.25, 0.3) is 17.2 Å². The van der Waals surface area contributed by atoms with Crippen LogP contribution in [0, 0.1) is 0 Å². The predicted octanol–water partition coefficient (Wildman–Crippen LogP) is 2.59. The van der Waals surface area contributed by atoms with Gasteiger partial charge in [-0.05, 0) is 25.0 Å². The fraction of sp³-hybridized carbons (Fsp3) is 0.280. The Hall–Kier alpha value is -3.73. The third kappa shape index (κ3) is 4.83. The van der Waals surface area contributed by atoms with Gasteiger partial charge >= 0.3 is 0 Å². The van der Waals surface area contributed by atoms with Gasteiger partial charge in [-0.1, -0.05) is 48.0 Å². The number of H-pyrrole nitrogens is 1. The van der Waals surface area contributed by atoms with Crippen molar-refractivity contribution in [3.63, 3.8) is 0 Å². The van der Waals surface area contributed by atoms with E-state index in [2.05, 4.69) is 20.4 Å². The van der Waals surface area contributed by atoms with Crippen LogP contribution < -0.4 is 15.6 Å². The molecule has 0 unspecified atom stereocenters. The number of hydrogen-bond acceptors (Lipinski definition) is 7. The Labute approximate surface area is 210 Å². The second kappa shape index (κ2) is 10.1. The second-order valence-electron chi connectivity index (χ2n) is 8.57. The number of aromatic amines is 1. The van der Waals surface area contributed by atoms with E-state index in [1.54, 1.807) is 18.2 Å². The average Bonchev–Trinajstić information content (AvgIpc) is 3.33. The lowest BCUT2D eigenvalue weighted by Crippen LogP contribution is -2.54. The van der Waals surface area contributed by atoms with Crippen molar-refractivity contribution >= 4 is 23.3 Å². The number of ether oxygens (including phenoxy) is 2. The molecule has 5 rings (SSSR count). The normalized spacial score (nSPS) is 15.1. The first-order chi connectivity index (χ1) is 17.5. The number of hydrogen-bond donors (Lipinski definition) is 3. The van der Waals surface area contributed by atoms with Crippen LogP contribution >= 0.6 is 11.6 Å². The van der Waals surface area contributed by atoms with Crippen molar-refractivity contribution in [1.82, 2.24) is 24.9 Å². The molecule has 1 aliphatic heterocycles. The summed E-state index contributed by atoms with van der Waals surface area (Å²) in [5.41, 5.74) is 0.168. The topological polar surface area (TPSA) is 131 Å². The molecule has 3 heterocycles. The van der Waals surface area contributed by atoms with Crippen LogP contribution in [0.4, 0.5) is 0 Å². The molecule has 11 heteroatoms. The first kappa shape index (κ1) is 24.0. The van der Waals surface area contributed by atoms with Crippen molar-refractivity contribution in [3.8, 4) is 17.1 Å². The minimum Gasteiger partial charge on any atom is -0.486 e. The molecular weight excluding hydrogens is 486 g/mol. The number of benzene rings is 2. The Kier molecular flexibility index (Phi) is 6.73. The van der Waals surface area contributed by atoms with Gasteiger partial charge in [-0.3, -0.25) is 14.7 Å². The van der Waals surface area contributed by atoms with E-state index in [1.807, 2.05) is 30.3 Å². The summed E-state index contributed by atoms with van der Waals surface area (Å²) < 4.78 is 12.5. The summed E-state index contributed by atoms with van der Waals surface area (Å²) in [4.78, 5) is 34.7. The van der Waals surface area contributed by atoms with Crippen molar-refractivity contribution in [2.75, 3.05) is 19.8 Å². The highest BCUT2D eigenvalue weighted by atomic mass is 35.5. The number of amides is 1. The number of carbonyl (C=O) groups excluding carboxylic acids is 1. The van der Waals surface area contributed by atoms with E-state index in [0.29, 0.717) is 37.6 Å². The van der Waals surface area contributed by atoms with E-state index >= 15 is 0 Å². The summed E-state index contributed by atoms with van der Waals surface area (Å²) in [6, 6.07) is 15.6. The summed E-state index contributed by atoms with van der Waals surface area (Å²) in [6.07, 6.45) is 0.969. The Morgan fingerprint density at radius 2 is 1.94 bits per heavy atom. The number of aromatic nitrogens is 4. The van der Waals surface area contributed by atoms with E-state index in [1.165, 1.54) is 10.6 Å². The lowest BCUT2D eigenvalue weighted by Gasteiger charge is -2.36. The molecule has 10 nitrogen and oxygen atoms in total. The van der Waals surface area contributed by atoms with Gasteiger partial charge in [0, 0.05) is 24.8 Å². The average molecular weight is 510 g/mol. The Morgan fingerprint density at radius 3 is 2.69 bits per heavy atom. The summed E-state index contributed by atoms with van der Waals surface area (Å²) >= 11 is 6.37. The molecule has 4 aromatic rings. The zero-order valence-corrected chi connectivity index (χ0v) is 20.0. The molecule has 1 amide bonds. The largest absolute Gasteiger partial charge is 0.486 e. The number of rotatable bonds is 7. The lowest BCUT2D eigenvalue weighted by atomic mass is 9.90. The van der Waals surface area contributed by atoms with E-state index in [0.717, 1.165) is 5.56 Å². The lowest BCUT2D eigenvalue weighted by molar-refractivity contribution is 0.0125. The zero-order chi connectivity index (χ0) is 25.1. The SMILES string of the molecule is O=C(NC1(CO)CCOCC1)c1c(Cl)cccc1OCc1cc(=O)n2[nH]c(-c3ccccc3)nc2n1. The standard InChI is InChI=1S/C25H24ClN5O5/c26-18-7-4-8-19(21(18)23(34)29-25(15-32)9-11-35-12-10-25)36-14-17-13-20(33)31-24(27-17)28-22(30-31)16-5-2-1-3-6-16/h1-8,13,32H,9-12,14-15H2,(H,29,34)(H,27,28,30). The third-order valence-corrected chi connectivity index (χ3v) is 6.46. The van der Waals surface area contributed by atoms with Crippen molar-refractivity contribution in [2.24, 2.45) is 0 Å². The van der Waals surface area contributed by atoms with Crippen molar-refractivity contribution < 1.29 is 19.4 Å². The van der Waals surface area contributed by atoms with Crippen LogP contribution in [0.3, 0.4) is 0 Å². The molecule has 186 valence electrons. The molecule has 1 saturated heterocycles. The Bertz CT molecular complexity index is 1450. The number of fused-ring (bicyclic) bond motifs is 1. The van der Waals surface area contributed by atoms with Gasteiger partial charge in [0.05, 0.1) is 28.4 Å². The quantitative estimate of drug-likeness (QED) is 0.349. The van der Waals surface area contributed by atoms with Gasteiger partial charge in [0.2, 0.25) is 0 Å². The van der Waals surface area contributed by atoms with Crippen LogP contribution in [0.5, 0.6) is 5.75 Å². The molecule has 36 heavy (non-hydrogen) atoms. The number of halogens is 1. The first-order valence-corrected chi connectivity index (χ1v) is 11.8. The van der Waals surface area contributed by atoms with Gasteiger partial charge in [-0.2, -0.15) is 9.50 Å². The maximum Gasteiger partial charge on any atom is 0.274 e. The van der Waals surface area contributed by atoms with Crippen molar-refractivity contribution in [1.29, 1.82) is 0 Å². The van der Waals surface area contributed by atoms with E-state index in [9.17, 15) is 14.7 Å². The van der Waals surface area contributed by atoms with Crippen molar-refractivity contribution in [2.45, 2.75) is 25.0 Å². The summed E-state index contributed by atoms with van der Waals surface area (Å²) in [7, 11) is 0. The van der Waals surface area contributed by atoms with Gasteiger partial charge < -0.3 is 19.9 Å². The van der Waals surface area contributed by atoms with Crippen molar-refractivity contribution in [3.05, 3.63) is 81.2 Å². The highest BCUT2D eigenvalue weighted by molar-refractivity contribution is 6.34. The fourth-order valence-corrected chi connectivity index (χ4v) is 4.36. The molecule has 3 N–H and O–H groups in total. The monoisotopic (exact) mass is 509 g/mol. The van der Waals surface area contributed by atoms with Gasteiger partial charge in [0.15, 0.2) is 5.82 Å². The molecule has 0 spiro atoms. The van der Waals surface area contributed by atoms with Crippen LogP contribution in [-0.2, 0) is 11.3 Å². The smallest absolute Gasteiger partial charge is 0.274 e. The van der Waals surface area contributed by atoms with Gasteiger partial charge in [-0.25, -0.2) is 4.98 Å². The fourth-order valence-electron chi connectivity index (χ4n) is 4.11. The molecular formula is C25H24ClN5O5. The number of carbonyl (C=O) groups is 1. The van der Waals surface area contributed by atoms with Crippen LogP contribution in [-0.4, -0.2) is 56.0 Å². The number of aliphatic hydroxyl groups excluding tert-OH is 1. The predicted molar refractivity (Wildman–Crippen MR) is 132 cm³/mol. The van der Waals surface area contributed by atoms with Gasteiger partial charge in [0.25, 0.3) is 17.2 Å². The van der Waals surface area contributed by atoms with Crippen LogP contribution in [0.2, 0.25) is 5.02 Å². The molecule has 0 atom stereocenters. The molecule has 2 aromatic carbocycles. The van der Waals surface area contributed by atoms with Crippen LogP contribution in [0.1, 0.15) is 28.9 Å². The maximum atomic E-state index is 13.2. The van der Waals surface area contributed by atoms with Gasteiger partial charge in [0.1, 0.15) is 12.4 Å². The molecule has 1 aliphatic rings. The van der Waals surface area contributed by atoms with E-state index in [4.69, 9.17) is 21.1 Å². The summed E-state index contributed by atoms with van der Waals surface area (Å²) in [6.45, 7) is 0.579. The minimum atomic E-state index is -0.788. The van der Waals surface area contributed by atoms with Crippen LogP contribution in [0.15, 0.2) is 59.4 Å². The zero-order valence-electron chi connectivity index (χ0n) is 19.2. The Morgan fingerprint density at radius 1 is 1.17 bits per heavy atom. The minimum absolute atomic E-state index is 0.0844. The highest BCUT2D eigenvalue weighted by Crippen LogP contribution is 2.29. The molecule has 1 fully saturated rings. The summed E-state index contributed by atoms with van der Waals surface area (Å²) in [5, 5.41) is 16.0.